The van der Waals surface area contributed by atoms with Gasteiger partial charge in [-0.05, 0) is 61.4 Å². The van der Waals surface area contributed by atoms with E-state index in [1.54, 1.807) is 12.1 Å². The Kier molecular flexibility index (Phi) is 13.6. The number of nitrogens with one attached hydrogen (secondary N) is 3. The van der Waals surface area contributed by atoms with E-state index in [4.69, 9.17) is 10.5 Å². The fourth-order valence-electron chi connectivity index (χ4n) is 6.58. The molecule has 0 spiro atoms. The first-order valence-electron chi connectivity index (χ1n) is 19.6. The lowest BCUT2D eigenvalue weighted by Crippen LogP contribution is -2.40. The monoisotopic (exact) mass is 899 g/mol. The summed E-state index contributed by atoms with van der Waals surface area (Å²) in [4.78, 5) is 28.7. The summed E-state index contributed by atoms with van der Waals surface area (Å²) in [5, 5.41) is 62.5. The van der Waals surface area contributed by atoms with E-state index in [0.29, 0.717) is 38.5 Å². The minimum absolute atomic E-state index is 0.00751. The lowest BCUT2D eigenvalue weighted by atomic mass is 10.1. The number of nitrogens with zero attached hydrogens (tertiary/aromatic N) is 7. The molecule has 9 N–H and O–H groups in total. The van der Waals surface area contributed by atoms with Crippen molar-refractivity contribution in [2.24, 2.45) is 11.7 Å². The van der Waals surface area contributed by atoms with Crippen molar-refractivity contribution >= 4 is 39.5 Å². The van der Waals surface area contributed by atoms with Gasteiger partial charge in [0, 0.05) is 61.9 Å². The Hall–Kier alpha value is -6.56. The fourth-order valence-corrected chi connectivity index (χ4v) is 8.60. The number of carbonyl (C=O) groups is 2. The number of hydrogen-bond donors (Lipinski definition) is 8. The number of phenols is 4. The number of anilines is 1. The van der Waals surface area contributed by atoms with Crippen molar-refractivity contribution in [1.82, 2.24) is 43.9 Å². The van der Waals surface area contributed by atoms with Crippen LogP contribution in [0.1, 0.15) is 40.6 Å². The molecule has 63 heavy (non-hydrogen) atoms. The summed E-state index contributed by atoms with van der Waals surface area (Å²) in [5.41, 5.74) is 7.66. The van der Waals surface area contributed by atoms with Crippen molar-refractivity contribution in [2.75, 3.05) is 51.3 Å². The Balaban J connectivity index is 1.18. The van der Waals surface area contributed by atoms with Gasteiger partial charge in [-0.3, -0.25) is 23.6 Å². The number of benzene rings is 4. The molecule has 2 atom stereocenters. The Bertz CT molecular complexity index is 2700. The molecule has 1 saturated heterocycles. The van der Waals surface area contributed by atoms with Crippen LogP contribution < -0.4 is 20.5 Å². The summed E-state index contributed by atoms with van der Waals surface area (Å²) in [6, 6.07) is 17.9. The summed E-state index contributed by atoms with van der Waals surface area (Å²) < 4.78 is 40.2. The molecule has 7 rings (SSSR count). The largest absolute Gasteiger partial charge is 0.507 e. The van der Waals surface area contributed by atoms with Crippen LogP contribution in [0.4, 0.5) is 5.69 Å². The molecule has 22 heteroatoms. The molecule has 0 saturated carbocycles. The second-order valence-electron chi connectivity index (χ2n) is 14.9. The normalized spacial score (nSPS) is 14.2. The first kappa shape index (κ1) is 44.5. The molecule has 0 aliphatic carbocycles. The molecule has 330 valence electrons. The van der Waals surface area contributed by atoms with Crippen LogP contribution >= 0.6 is 0 Å². The zero-order valence-electron chi connectivity index (χ0n) is 34.3. The molecule has 2 aromatic heterocycles. The third kappa shape index (κ3) is 9.90. The van der Waals surface area contributed by atoms with Gasteiger partial charge in [0.05, 0.1) is 34.1 Å². The number of aromatic hydroxyl groups is 4. The van der Waals surface area contributed by atoms with E-state index in [0.717, 1.165) is 30.8 Å². The molecular formula is C41H45N11O9S2. The zero-order chi connectivity index (χ0) is 44.9. The minimum atomic E-state index is -1.91. The Morgan fingerprint density at radius 3 is 1.78 bits per heavy atom. The van der Waals surface area contributed by atoms with Crippen LogP contribution in [-0.4, -0.2) is 121 Å². The SMILES string of the molecule is Cc1ccc(-n2c(C(=O)Nc3ccc(-n4c(C(N)=O)nnc4-c4cc(S(=O)NCCN5CCOCC5)c(O)cc4O)cc3)nnc2-c2cc(S(=O)NCC(C)C)c(O)cc2O)cc1. The van der Waals surface area contributed by atoms with Crippen LogP contribution in [0.5, 0.6) is 23.0 Å². The Morgan fingerprint density at radius 1 is 0.730 bits per heavy atom. The highest BCUT2D eigenvalue weighted by Crippen LogP contribution is 2.38. The van der Waals surface area contributed by atoms with Crippen LogP contribution in [-0.2, 0) is 26.7 Å². The third-order valence-corrected chi connectivity index (χ3v) is 12.2. The highest BCUT2D eigenvalue weighted by Gasteiger charge is 2.27. The number of aryl methyl sites for hydroxylation is 1. The van der Waals surface area contributed by atoms with Gasteiger partial charge >= 0.3 is 0 Å². The van der Waals surface area contributed by atoms with E-state index in [-0.39, 0.29) is 61.5 Å². The summed E-state index contributed by atoms with van der Waals surface area (Å²) >= 11 is 0. The van der Waals surface area contributed by atoms with Crippen LogP contribution in [0.2, 0.25) is 0 Å². The maximum Gasteiger partial charge on any atom is 0.293 e. The number of rotatable bonds is 16. The fraction of sp³-hybridized carbons (Fsp3) is 0.268. The average Bonchev–Trinajstić information content (AvgIpc) is 3.90. The van der Waals surface area contributed by atoms with Crippen molar-refractivity contribution < 1.29 is 43.2 Å². The molecule has 1 fully saturated rings. The Morgan fingerprint density at radius 2 is 1.24 bits per heavy atom. The second-order valence-corrected chi connectivity index (χ2v) is 17.4. The number of primary amides is 1. The van der Waals surface area contributed by atoms with E-state index in [9.17, 15) is 38.4 Å². The number of hydrogen-bond acceptors (Lipinski definition) is 14. The second kappa shape index (κ2) is 19.2. The van der Waals surface area contributed by atoms with E-state index >= 15 is 0 Å². The predicted octanol–water partition coefficient (Wildman–Crippen LogP) is 2.88. The van der Waals surface area contributed by atoms with Gasteiger partial charge in [-0.15, -0.1) is 20.4 Å². The van der Waals surface area contributed by atoms with Crippen LogP contribution in [0.25, 0.3) is 34.2 Å². The van der Waals surface area contributed by atoms with E-state index in [1.165, 1.54) is 45.5 Å². The molecule has 0 bridgehead atoms. The van der Waals surface area contributed by atoms with Crippen LogP contribution in [0.3, 0.4) is 0 Å². The summed E-state index contributed by atoms with van der Waals surface area (Å²) in [5.74, 6) is -3.72. The quantitative estimate of drug-likeness (QED) is 0.0694. The number of morpholine rings is 1. The van der Waals surface area contributed by atoms with Gasteiger partial charge in [0.1, 0.15) is 45.0 Å². The third-order valence-electron chi connectivity index (χ3n) is 9.85. The van der Waals surface area contributed by atoms with Gasteiger partial charge in [0.25, 0.3) is 11.8 Å². The van der Waals surface area contributed by atoms with Crippen LogP contribution in [0.15, 0.2) is 82.6 Å². The van der Waals surface area contributed by atoms with Crippen LogP contribution in [0, 0.1) is 12.8 Å². The van der Waals surface area contributed by atoms with Gasteiger partial charge in [0.15, 0.2) is 11.6 Å². The number of amides is 2. The molecule has 1 aliphatic rings. The Labute approximate surface area is 365 Å². The molecule has 4 aromatic carbocycles. The molecule has 2 amide bonds. The number of phenolic OH excluding ortho intramolecular Hbond substituents is 4. The predicted molar refractivity (Wildman–Crippen MR) is 232 cm³/mol. The molecule has 1 aliphatic heterocycles. The van der Waals surface area contributed by atoms with E-state index in [1.807, 2.05) is 32.9 Å². The van der Waals surface area contributed by atoms with Gasteiger partial charge < -0.3 is 36.2 Å². The first-order valence-corrected chi connectivity index (χ1v) is 21.9. The molecule has 0 radical (unpaired) electrons. The lowest BCUT2D eigenvalue weighted by Gasteiger charge is -2.26. The topological polar surface area (TPSA) is 285 Å². The van der Waals surface area contributed by atoms with Gasteiger partial charge in [-0.25, -0.2) is 17.9 Å². The molecule has 20 nitrogen and oxygen atoms in total. The highest BCUT2D eigenvalue weighted by molar-refractivity contribution is 7.83. The molecule has 3 heterocycles. The summed E-state index contributed by atoms with van der Waals surface area (Å²) in [6.07, 6.45) is 0. The zero-order valence-corrected chi connectivity index (χ0v) is 35.9. The molecular weight excluding hydrogens is 855 g/mol. The summed E-state index contributed by atoms with van der Waals surface area (Å²) in [6.45, 7) is 9.77. The average molecular weight is 900 g/mol. The van der Waals surface area contributed by atoms with Gasteiger partial charge in [-0.2, -0.15) is 0 Å². The summed E-state index contributed by atoms with van der Waals surface area (Å²) in [7, 11) is -3.76. The van der Waals surface area contributed by atoms with Crippen molar-refractivity contribution in [3.8, 4) is 57.1 Å². The first-order chi connectivity index (χ1) is 30.2. The van der Waals surface area contributed by atoms with Gasteiger partial charge in [-0.1, -0.05) is 31.5 Å². The number of aromatic nitrogens is 6. The van der Waals surface area contributed by atoms with Gasteiger partial charge in [0.2, 0.25) is 11.6 Å². The number of nitrogens with two attached hydrogens (primary N) is 1. The molecule has 2 unspecified atom stereocenters. The maximum absolute atomic E-state index is 14.0. The minimum Gasteiger partial charge on any atom is -0.507 e. The van der Waals surface area contributed by atoms with Crippen molar-refractivity contribution in [3.05, 3.63) is 90.0 Å². The van der Waals surface area contributed by atoms with E-state index in [2.05, 4.69) is 40.1 Å². The highest BCUT2D eigenvalue weighted by atomic mass is 32.2. The van der Waals surface area contributed by atoms with E-state index < -0.39 is 56.8 Å². The lowest BCUT2D eigenvalue weighted by molar-refractivity contribution is 0.0390. The number of carbonyl (C=O) groups excluding carboxylic acids is 2. The van der Waals surface area contributed by atoms with Crippen molar-refractivity contribution in [3.63, 3.8) is 0 Å². The van der Waals surface area contributed by atoms with Crippen molar-refractivity contribution in [1.29, 1.82) is 0 Å². The molecule has 6 aromatic rings. The number of ether oxygens (including phenoxy) is 1. The standard InChI is InChI=1S/C41H45N11O9S2/c1-23(2)22-44-63(60)35-19-29(31(54)21-33(35)56)38-47-49-40(52(38)26-8-4-24(3)5-9-26)41(58)45-25-6-10-27(11-7-25)51-37(46-48-39(51)36(42)57)28-18-34(32(55)20-30(28)53)62(59)43-12-13-50-14-16-61-17-15-50/h4-11,18-21,23,43-44,53-56H,12-17,22H2,1-3H3,(H2,42,57)(H,45,58). The maximum atomic E-state index is 14.0. The smallest absolute Gasteiger partial charge is 0.293 e. The van der Waals surface area contributed by atoms with Crippen molar-refractivity contribution in [2.45, 2.75) is 30.6 Å².